The quantitative estimate of drug-likeness (QED) is 0.576. The van der Waals surface area contributed by atoms with Gasteiger partial charge >= 0.3 is 12.0 Å². The van der Waals surface area contributed by atoms with Gasteiger partial charge in [-0.1, -0.05) is 0 Å². The minimum atomic E-state index is -1.21. The molecule has 2 aliphatic rings. The third-order valence-corrected chi connectivity index (χ3v) is 5.89. The van der Waals surface area contributed by atoms with Crippen LogP contribution >= 0.6 is 0 Å². The maximum Gasteiger partial charge on any atom is 0.356 e. The summed E-state index contributed by atoms with van der Waals surface area (Å²) in [6, 6.07) is 4.62. The summed E-state index contributed by atoms with van der Waals surface area (Å²) in [5, 5.41) is 18.2. The highest BCUT2D eigenvalue weighted by Gasteiger charge is 2.39. The molecule has 1 fully saturated rings. The Morgan fingerprint density at radius 3 is 2.47 bits per heavy atom. The molecular formula is C23H19F3N6O4. The first-order chi connectivity index (χ1) is 17.2. The summed E-state index contributed by atoms with van der Waals surface area (Å²) in [6.45, 7) is 0.280. The van der Waals surface area contributed by atoms with Crippen molar-refractivity contribution >= 4 is 18.2 Å². The second-order valence-corrected chi connectivity index (χ2v) is 8.37. The van der Waals surface area contributed by atoms with E-state index in [4.69, 9.17) is 9.84 Å². The van der Waals surface area contributed by atoms with Crippen LogP contribution in [0.25, 0.3) is 11.4 Å². The van der Waals surface area contributed by atoms with Gasteiger partial charge in [-0.25, -0.2) is 27.8 Å². The maximum absolute atomic E-state index is 14.4. The summed E-state index contributed by atoms with van der Waals surface area (Å²) >= 11 is 0. The molecule has 1 aromatic carbocycles. The number of urea groups is 1. The molecule has 0 unspecified atom stereocenters. The van der Waals surface area contributed by atoms with Crippen molar-refractivity contribution < 1.29 is 32.6 Å². The maximum atomic E-state index is 14.4. The molecule has 13 heteroatoms. The SMILES string of the molecule is Cn1nc(C(=O)O)cc1-c1cc(OC2CN(C(=O)N3N=CC[C@H]3c3cc(F)cc(F)c3)C2)c(F)cn1. The molecule has 4 heterocycles. The number of hydrazone groups is 1. The molecule has 0 spiro atoms. The Balaban J connectivity index is 1.25. The van der Waals surface area contributed by atoms with Crippen LogP contribution in [0.2, 0.25) is 0 Å². The molecule has 0 radical (unpaired) electrons. The number of halogens is 3. The van der Waals surface area contributed by atoms with Crippen LogP contribution in [0.15, 0.2) is 41.6 Å². The lowest BCUT2D eigenvalue weighted by Gasteiger charge is -2.41. The topological polar surface area (TPSA) is 113 Å². The molecule has 1 N–H and O–H groups in total. The lowest BCUT2D eigenvalue weighted by molar-refractivity contribution is 0.0256. The average molecular weight is 500 g/mol. The van der Waals surface area contributed by atoms with Gasteiger partial charge in [0.2, 0.25) is 0 Å². The van der Waals surface area contributed by atoms with Crippen LogP contribution < -0.4 is 4.74 Å². The molecule has 10 nitrogen and oxygen atoms in total. The van der Waals surface area contributed by atoms with E-state index in [1.165, 1.54) is 35.0 Å². The Bertz CT molecular complexity index is 1370. The Morgan fingerprint density at radius 2 is 1.81 bits per heavy atom. The number of carbonyl (C=O) groups is 2. The fourth-order valence-electron chi connectivity index (χ4n) is 4.10. The van der Waals surface area contributed by atoms with Crippen LogP contribution in [0.4, 0.5) is 18.0 Å². The Morgan fingerprint density at radius 1 is 1.08 bits per heavy atom. The number of benzene rings is 1. The first-order valence-corrected chi connectivity index (χ1v) is 10.9. The van der Waals surface area contributed by atoms with E-state index in [0.29, 0.717) is 17.7 Å². The number of carboxylic acids is 1. The highest BCUT2D eigenvalue weighted by atomic mass is 19.1. The lowest BCUT2D eigenvalue weighted by atomic mass is 10.0. The standard InChI is InChI=1S/C23H19F3N6O4/c1-30-20(7-18(29-30)22(33)34)17-8-21(16(26)9-27-17)36-15-10-31(11-15)23(35)32-19(2-3-28-32)12-4-13(24)6-14(25)5-12/h3-9,15,19H,2,10-11H2,1H3,(H,33,34)/t19-/m0/s1. The van der Waals surface area contributed by atoms with Gasteiger partial charge in [-0.3, -0.25) is 9.67 Å². The molecule has 1 saturated heterocycles. The minimum absolute atomic E-state index is 0.109. The molecule has 0 saturated carbocycles. The normalized spacial score (nSPS) is 17.4. The van der Waals surface area contributed by atoms with E-state index in [2.05, 4.69) is 15.2 Å². The first kappa shape index (κ1) is 23.3. The fraction of sp³-hybridized carbons (Fsp3) is 0.261. The van der Waals surface area contributed by atoms with Crippen molar-refractivity contribution in [2.24, 2.45) is 12.1 Å². The van der Waals surface area contributed by atoms with E-state index in [1.54, 1.807) is 0 Å². The van der Waals surface area contributed by atoms with Crippen molar-refractivity contribution in [1.29, 1.82) is 0 Å². The molecule has 0 aliphatic carbocycles. The molecule has 2 aliphatic heterocycles. The Kier molecular flexibility index (Phi) is 5.82. The van der Waals surface area contributed by atoms with Crippen LogP contribution in [-0.4, -0.2) is 67.2 Å². The highest BCUT2D eigenvalue weighted by Crippen LogP contribution is 2.32. The van der Waals surface area contributed by atoms with Crippen LogP contribution in [0, 0.1) is 17.5 Å². The van der Waals surface area contributed by atoms with Gasteiger partial charge in [-0.2, -0.15) is 10.2 Å². The minimum Gasteiger partial charge on any atom is -0.483 e. The second kappa shape index (κ2) is 8.98. The molecule has 2 amide bonds. The molecule has 0 bridgehead atoms. The summed E-state index contributed by atoms with van der Waals surface area (Å²) in [5.41, 5.74) is 0.726. The molecule has 36 heavy (non-hydrogen) atoms. The monoisotopic (exact) mass is 500 g/mol. The number of pyridine rings is 1. The van der Waals surface area contributed by atoms with E-state index in [1.807, 2.05) is 0 Å². The van der Waals surface area contributed by atoms with Gasteiger partial charge in [0.25, 0.3) is 0 Å². The average Bonchev–Trinajstić information content (AvgIpc) is 3.43. The summed E-state index contributed by atoms with van der Waals surface area (Å²) in [4.78, 5) is 29.5. The number of amides is 2. The van der Waals surface area contributed by atoms with E-state index in [9.17, 15) is 22.8 Å². The van der Waals surface area contributed by atoms with Gasteiger partial charge in [0.05, 0.1) is 36.7 Å². The Hall–Kier alpha value is -4.42. The van der Waals surface area contributed by atoms with E-state index < -0.39 is 41.6 Å². The number of rotatable bonds is 5. The number of carboxylic acid groups (broad SMARTS) is 1. The Labute approximate surface area is 202 Å². The fourth-order valence-corrected chi connectivity index (χ4v) is 4.10. The van der Waals surface area contributed by atoms with Crippen molar-refractivity contribution in [1.82, 2.24) is 24.7 Å². The molecule has 5 rings (SSSR count). The van der Waals surface area contributed by atoms with Crippen molar-refractivity contribution in [3.63, 3.8) is 0 Å². The smallest absolute Gasteiger partial charge is 0.356 e. The molecule has 186 valence electrons. The molecule has 1 atom stereocenters. The zero-order chi connectivity index (χ0) is 25.6. The molecular weight excluding hydrogens is 481 g/mol. The molecule has 3 aromatic rings. The molecule has 2 aromatic heterocycles. The van der Waals surface area contributed by atoms with Gasteiger partial charge in [0.15, 0.2) is 17.3 Å². The number of nitrogens with zero attached hydrogens (tertiary/aromatic N) is 6. The van der Waals surface area contributed by atoms with Crippen LogP contribution in [0.3, 0.4) is 0 Å². The van der Waals surface area contributed by atoms with E-state index >= 15 is 0 Å². The summed E-state index contributed by atoms with van der Waals surface area (Å²) < 4.78 is 48.7. The predicted molar refractivity (Wildman–Crippen MR) is 119 cm³/mol. The zero-order valence-corrected chi connectivity index (χ0v) is 18.8. The van der Waals surface area contributed by atoms with E-state index in [-0.39, 0.29) is 30.2 Å². The zero-order valence-electron chi connectivity index (χ0n) is 18.8. The largest absolute Gasteiger partial charge is 0.483 e. The van der Waals surface area contributed by atoms with Crippen molar-refractivity contribution in [3.05, 3.63) is 65.2 Å². The number of aryl methyl sites for hydroxylation is 1. The third-order valence-electron chi connectivity index (χ3n) is 5.89. The van der Waals surface area contributed by atoms with Crippen molar-refractivity contribution in [2.75, 3.05) is 13.1 Å². The number of carbonyl (C=O) groups excluding carboxylic acids is 1. The highest BCUT2D eigenvalue weighted by molar-refractivity contribution is 5.86. The predicted octanol–water partition coefficient (Wildman–Crippen LogP) is 3.21. The van der Waals surface area contributed by atoms with Gasteiger partial charge in [0, 0.05) is 37.9 Å². The van der Waals surface area contributed by atoms with Crippen molar-refractivity contribution in [3.8, 4) is 17.1 Å². The van der Waals surface area contributed by atoms with Crippen LogP contribution in [0.5, 0.6) is 5.75 Å². The number of aromatic nitrogens is 3. The van der Waals surface area contributed by atoms with Gasteiger partial charge < -0.3 is 14.7 Å². The number of hydrogen-bond donors (Lipinski definition) is 1. The summed E-state index contributed by atoms with van der Waals surface area (Å²) in [7, 11) is 1.54. The van der Waals surface area contributed by atoms with Gasteiger partial charge in [-0.05, 0) is 17.7 Å². The van der Waals surface area contributed by atoms with Crippen LogP contribution in [-0.2, 0) is 7.05 Å². The van der Waals surface area contributed by atoms with E-state index in [0.717, 1.165) is 29.4 Å². The van der Waals surface area contributed by atoms with Crippen molar-refractivity contribution in [2.45, 2.75) is 18.6 Å². The van der Waals surface area contributed by atoms with Gasteiger partial charge in [0.1, 0.15) is 17.7 Å². The number of likely N-dealkylation sites (tertiary alicyclic amines) is 1. The lowest BCUT2D eigenvalue weighted by Crippen LogP contribution is -2.58. The number of hydrogen-bond acceptors (Lipinski definition) is 6. The van der Waals surface area contributed by atoms with Gasteiger partial charge in [-0.15, -0.1) is 0 Å². The third kappa shape index (κ3) is 4.34. The summed E-state index contributed by atoms with van der Waals surface area (Å²) in [5.74, 6) is -3.53. The second-order valence-electron chi connectivity index (χ2n) is 8.37. The summed E-state index contributed by atoms with van der Waals surface area (Å²) in [6.07, 6.45) is 2.25. The van der Waals surface area contributed by atoms with Crippen LogP contribution in [0.1, 0.15) is 28.5 Å². The first-order valence-electron chi connectivity index (χ1n) is 10.9. The number of aromatic carboxylic acids is 1. The number of ether oxygens (including phenoxy) is 1.